The van der Waals surface area contributed by atoms with Gasteiger partial charge in [0.1, 0.15) is 11.9 Å². The Morgan fingerprint density at radius 1 is 1.23 bits per heavy atom. The summed E-state index contributed by atoms with van der Waals surface area (Å²) in [5, 5.41) is 5.15. The maximum absolute atomic E-state index is 13.5. The zero-order valence-corrected chi connectivity index (χ0v) is 12.0. The third kappa shape index (κ3) is 4.12. The van der Waals surface area contributed by atoms with Gasteiger partial charge in [-0.05, 0) is 30.7 Å². The van der Waals surface area contributed by atoms with Gasteiger partial charge in [-0.1, -0.05) is 18.2 Å². The fourth-order valence-corrected chi connectivity index (χ4v) is 1.83. The lowest BCUT2D eigenvalue weighted by Gasteiger charge is -2.14. The van der Waals surface area contributed by atoms with E-state index in [4.69, 9.17) is 0 Å². The van der Waals surface area contributed by atoms with E-state index in [2.05, 4.69) is 15.6 Å². The minimum Gasteiger partial charge on any atom is -0.350 e. The number of hydrogen-bond donors (Lipinski definition) is 2. The molecule has 1 aromatic heterocycles. The molecule has 0 saturated heterocycles. The van der Waals surface area contributed by atoms with Gasteiger partial charge in [0.25, 0.3) is 5.91 Å². The van der Waals surface area contributed by atoms with E-state index in [-0.39, 0.29) is 11.5 Å². The first-order valence-corrected chi connectivity index (χ1v) is 6.80. The van der Waals surface area contributed by atoms with Crippen molar-refractivity contribution in [1.29, 1.82) is 0 Å². The Bertz CT molecular complexity index is 661. The number of hydrogen-bond acceptors (Lipinski definition) is 3. The number of benzene rings is 1. The number of rotatable bonds is 5. The molecule has 0 fully saturated rings. The highest BCUT2D eigenvalue weighted by Crippen LogP contribution is 2.06. The van der Waals surface area contributed by atoms with Crippen LogP contribution >= 0.6 is 0 Å². The van der Waals surface area contributed by atoms with Gasteiger partial charge in [-0.3, -0.25) is 14.6 Å². The number of carbonyl (C=O) groups is 2. The average Bonchev–Trinajstić information content (AvgIpc) is 2.53. The quantitative estimate of drug-likeness (QED) is 0.882. The molecule has 0 aliphatic heterocycles. The van der Waals surface area contributed by atoms with Gasteiger partial charge in [-0.15, -0.1) is 0 Å². The Balaban J connectivity index is 1.89. The van der Waals surface area contributed by atoms with Crippen LogP contribution in [-0.4, -0.2) is 22.8 Å². The molecule has 2 rings (SSSR count). The van der Waals surface area contributed by atoms with Crippen molar-refractivity contribution in [1.82, 2.24) is 15.6 Å². The van der Waals surface area contributed by atoms with Gasteiger partial charge in [-0.2, -0.15) is 0 Å². The van der Waals surface area contributed by atoms with E-state index in [0.29, 0.717) is 6.54 Å². The molecule has 0 saturated carbocycles. The highest BCUT2D eigenvalue weighted by molar-refractivity contribution is 5.97. The average molecular weight is 301 g/mol. The van der Waals surface area contributed by atoms with Crippen LogP contribution in [0.25, 0.3) is 0 Å². The molecule has 6 heteroatoms. The first-order chi connectivity index (χ1) is 10.6. The molecule has 5 nitrogen and oxygen atoms in total. The van der Waals surface area contributed by atoms with Gasteiger partial charge < -0.3 is 10.6 Å². The standard InChI is InChI=1S/C16H16FN3O2/c1-11(15(21)19-10-12-5-4-8-18-9-12)20-16(22)13-6-2-3-7-14(13)17/h2-9,11H,10H2,1H3,(H,19,21)(H,20,22)/t11-/m0/s1. The second kappa shape index (κ2) is 7.31. The lowest BCUT2D eigenvalue weighted by molar-refractivity contribution is -0.122. The Labute approximate surface area is 127 Å². The van der Waals surface area contributed by atoms with Crippen molar-refractivity contribution < 1.29 is 14.0 Å². The van der Waals surface area contributed by atoms with Gasteiger partial charge in [0, 0.05) is 18.9 Å². The SMILES string of the molecule is C[C@H](NC(=O)c1ccccc1F)C(=O)NCc1cccnc1. The van der Waals surface area contributed by atoms with Crippen LogP contribution in [-0.2, 0) is 11.3 Å². The highest BCUT2D eigenvalue weighted by atomic mass is 19.1. The maximum Gasteiger partial charge on any atom is 0.254 e. The molecular weight excluding hydrogens is 285 g/mol. The van der Waals surface area contributed by atoms with Crippen molar-refractivity contribution >= 4 is 11.8 Å². The number of nitrogens with zero attached hydrogens (tertiary/aromatic N) is 1. The molecule has 22 heavy (non-hydrogen) atoms. The van der Waals surface area contributed by atoms with Crippen LogP contribution in [0, 0.1) is 5.82 Å². The van der Waals surface area contributed by atoms with Gasteiger partial charge in [0.15, 0.2) is 0 Å². The lowest BCUT2D eigenvalue weighted by Crippen LogP contribution is -2.44. The minimum absolute atomic E-state index is 0.0885. The molecule has 2 aromatic rings. The normalized spacial score (nSPS) is 11.5. The number of nitrogens with one attached hydrogen (secondary N) is 2. The highest BCUT2D eigenvalue weighted by Gasteiger charge is 2.18. The van der Waals surface area contributed by atoms with Crippen LogP contribution in [0.4, 0.5) is 4.39 Å². The van der Waals surface area contributed by atoms with Crippen LogP contribution in [0.2, 0.25) is 0 Å². The zero-order valence-electron chi connectivity index (χ0n) is 12.0. The van der Waals surface area contributed by atoms with E-state index in [1.165, 1.54) is 25.1 Å². The Morgan fingerprint density at radius 2 is 2.00 bits per heavy atom. The van der Waals surface area contributed by atoms with Gasteiger partial charge in [0.05, 0.1) is 5.56 Å². The molecule has 0 aliphatic rings. The molecule has 0 bridgehead atoms. The van der Waals surface area contributed by atoms with Crippen molar-refractivity contribution in [2.45, 2.75) is 19.5 Å². The Kier molecular flexibility index (Phi) is 5.19. The number of aromatic nitrogens is 1. The molecule has 0 radical (unpaired) electrons. The molecule has 1 heterocycles. The first-order valence-electron chi connectivity index (χ1n) is 6.80. The summed E-state index contributed by atoms with van der Waals surface area (Å²) >= 11 is 0. The third-order valence-electron chi connectivity index (χ3n) is 3.05. The van der Waals surface area contributed by atoms with Crippen LogP contribution < -0.4 is 10.6 Å². The molecule has 2 amide bonds. The number of pyridine rings is 1. The second-order valence-corrected chi connectivity index (χ2v) is 4.75. The molecule has 114 valence electrons. The van der Waals surface area contributed by atoms with Gasteiger partial charge in [0.2, 0.25) is 5.91 Å². The van der Waals surface area contributed by atoms with Gasteiger partial charge >= 0.3 is 0 Å². The van der Waals surface area contributed by atoms with E-state index in [1.807, 2.05) is 6.07 Å². The summed E-state index contributed by atoms with van der Waals surface area (Å²) < 4.78 is 13.5. The van der Waals surface area contributed by atoms with E-state index in [1.54, 1.807) is 24.5 Å². The second-order valence-electron chi connectivity index (χ2n) is 4.75. The largest absolute Gasteiger partial charge is 0.350 e. The van der Waals surface area contributed by atoms with Crippen molar-refractivity contribution in [3.8, 4) is 0 Å². The summed E-state index contributed by atoms with van der Waals surface area (Å²) in [4.78, 5) is 27.8. The monoisotopic (exact) mass is 301 g/mol. The maximum atomic E-state index is 13.5. The van der Waals surface area contributed by atoms with Crippen molar-refractivity contribution in [2.75, 3.05) is 0 Å². The number of carbonyl (C=O) groups excluding carboxylic acids is 2. The third-order valence-corrected chi connectivity index (χ3v) is 3.05. The van der Waals surface area contributed by atoms with E-state index in [9.17, 15) is 14.0 Å². The van der Waals surface area contributed by atoms with E-state index < -0.39 is 17.8 Å². The molecule has 1 atom stereocenters. The molecule has 0 unspecified atom stereocenters. The zero-order chi connectivity index (χ0) is 15.9. The summed E-state index contributed by atoms with van der Waals surface area (Å²) in [6.07, 6.45) is 3.28. The van der Waals surface area contributed by atoms with Crippen molar-refractivity contribution in [2.24, 2.45) is 0 Å². The lowest BCUT2D eigenvalue weighted by atomic mass is 10.2. The number of halogens is 1. The Morgan fingerprint density at radius 3 is 2.68 bits per heavy atom. The summed E-state index contributed by atoms with van der Waals surface area (Å²) in [6, 6.07) is 8.44. The van der Waals surface area contributed by atoms with Crippen LogP contribution in [0.15, 0.2) is 48.8 Å². The topological polar surface area (TPSA) is 71.1 Å². The van der Waals surface area contributed by atoms with Crippen molar-refractivity contribution in [3.05, 3.63) is 65.7 Å². The molecule has 2 N–H and O–H groups in total. The van der Waals surface area contributed by atoms with Gasteiger partial charge in [-0.25, -0.2) is 4.39 Å². The summed E-state index contributed by atoms with van der Waals surface area (Å²) in [6.45, 7) is 1.85. The predicted octanol–water partition coefficient (Wildman–Crippen LogP) is 1.66. The van der Waals surface area contributed by atoms with E-state index in [0.717, 1.165) is 5.56 Å². The number of amides is 2. The smallest absolute Gasteiger partial charge is 0.254 e. The predicted molar refractivity (Wildman–Crippen MR) is 79.4 cm³/mol. The van der Waals surface area contributed by atoms with Crippen LogP contribution in [0.5, 0.6) is 0 Å². The Hall–Kier alpha value is -2.76. The summed E-state index contributed by atoms with van der Waals surface area (Å²) in [7, 11) is 0. The summed E-state index contributed by atoms with van der Waals surface area (Å²) in [5.74, 6) is -1.60. The fourth-order valence-electron chi connectivity index (χ4n) is 1.83. The van der Waals surface area contributed by atoms with Crippen molar-refractivity contribution in [3.63, 3.8) is 0 Å². The fraction of sp³-hybridized carbons (Fsp3) is 0.188. The van der Waals surface area contributed by atoms with Crippen LogP contribution in [0.3, 0.4) is 0 Å². The van der Waals surface area contributed by atoms with E-state index >= 15 is 0 Å². The molecular formula is C16H16FN3O2. The van der Waals surface area contributed by atoms with Crippen LogP contribution in [0.1, 0.15) is 22.8 Å². The minimum atomic E-state index is -0.774. The summed E-state index contributed by atoms with van der Waals surface area (Å²) in [5.41, 5.74) is 0.762. The molecule has 0 aliphatic carbocycles. The molecule has 0 spiro atoms. The molecule has 1 aromatic carbocycles. The first kappa shape index (κ1) is 15.6.